The average Bonchev–Trinajstić information content (AvgIpc) is 3.42. The number of nitro benzene ring substituents is 1. The summed E-state index contributed by atoms with van der Waals surface area (Å²) in [6.07, 6.45) is 0.836. The minimum absolute atomic E-state index is 0.216. The van der Waals surface area contributed by atoms with E-state index in [4.69, 9.17) is 0 Å². The number of thiazole rings is 1. The Kier molecular flexibility index (Phi) is 4.95. The number of carboxylic acid groups (broad SMARTS) is 1. The zero-order valence-electron chi connectivity index (χ0n) is 16.9. The molecule has 5 rings (SSSR count). The Morgan fingerprint density at radius 3 is 2.61 bits per heavy atom. The number of nitro groups is 1. The number of amides is 1. The number of aromatic carboxylic acids is 1. The topological polar surface area (TPSA) is 122 Å². The predicted molar refractivity (Wildman–Crippen MR) is 124 cm³/mol. The van der Waals surface area contributed by atoms with Crippen molar-refractivity contribution in [2.45, 2.75) is 6.42 Å². The van der Waals surface area contributed by atoms with Gasteiger partial charge in [-0.15, -0.1) is 11.3 Å². The third-order valence-corrected chi connectivity index (χ3v) is 6.27. The molecule has 0 atom stereocenters. The van der Waals surface area contributed by atoms with Crippen molar-refractivity contribution in [2.24, 2.45) is 0 Å². The lowest BCUT2D eigenvalue weighted by atomic mass is 10.0. The second kappa shape index (κ2) is 7.95. The second-order valence-electron chi connectivity index (χ2n) is 7.46. The molecule has 0 spiro atoms. The third-order valence-electron chi connectivity index (χ3n) is 5.51. The van der Waals surface area contributed by atoms with Crippen LogP contribution in [0.1, 0.15) is 31.8 Å². The van der Waals surface area contributed by atoms with Crippen LogP contribution >= 0.6 is 11.3 Å². The average molecular weight is 457 g/mol. The van der Waals surface area contributed by atoms with E-state index in [-0.39, 0.29) is 5.13 Å². The Balaban J connectivity index is 1.42. The molecule has 0 bridgehead atoms. The molecule has 9 heteroatoms. The van der Waals surface area contributed by atoms with E-state index in [2.05, 4.69) is 34.6 Å². The van der Waals surface area contributed by atoms with Gasteiger partial charge < -0.3 is 5.11 Å². The molecular weight excluding hydrogens is 442 g/mol. The van der Waals surface area contributed by atoms with Gasteiger partial charge in [0.05, 0.1) is 16.2 Å². The van der Waals surface area contributed by atoms with E-state index in [0.29, 0.717) is 5.69 Å². The summed E-state index contributed by atoms with van der Waals surface area (Å²) < 4.78 is 0. The van der Waals surface area contributed by atoms with Crippen LogP contribution in [0.2, 0.25) is 0 Å². The minimum atomic E-state index is -1.43. The molecule has 1 amide bonds. The van der Waals surface area contributed by atoms with Crippen LogP contribution in [0.4, 0.5) is 10.8 Å². The first kappa shape index (κ1) is 20.5. The van der Waals surface area contributed by atoms with E-state index in [1.54, 1.807) is 5.38 Å². The van der Waals surface area contributed by atoms with Gasteiger partial charge in [-0.1, -0.05) is 42.5 Å². The number of carboxylic acids is 1. The van der Waals surface area contributed by atoms with E-state index in [1.807, 2.05) is 18.2 Å². The Hall–Kier alpha value is -4.37. The number of nitrogens with one attached hydrogen (secondary N) is 1. The number of carbonyl (C=O) groups excluding carboxylic acids is 1. The van der Waals surface area contributed by atoms with E-state index in [0.717, 1.165) is 35.5 Å². The van der Waals surface area contributed by atoms with E-state index in [9.17, 15) is 24.8 Å². The summed E-state index contributed by atoms with van der Waals surface area (Å²) in [5.41, 5.74) is 4.87. The van der Waals surface area contributed by atoms with Crippen molar-refractivity contribution in [3.63, 3.8) is 0 Å². The fourth-order valence-corrected chi connectivity index (χ4v) is 4.75. The molecule has 1 heterocycles. The van der Waals surface area contributed by atoms with Crippen molar-refractivity contribution >= 4 is 34.0 Å². The van der Waals surface area contributed by atoms with Crippen LogP contribution in [-0.2, 0) is 6.42 Å². The maximum absolute atomic E-state index is 12.8. The van der Waals surface area contributed by atoms with Gasteiger partial charge in [0.25, 0.3) is 11.6 Å². The minimum Gasteiger partial charge on any atom is -0.478 e. The molecule has 1 aliphatic carbocycles. The highest BCUT2D eigenvalue weighted by Crippen LogP contribution is 2.38. The zero-order chi connectivity index (χ0) is 23.1. The molecule has 0 aliphatic heterocycles. The molecule has 4 aromatic rings. The molecule has 3 aromatic carbocycles. The van der Waals surface area contributed by atoms with Crippen molar-refractivity contribution in [3.8, 4) is 22.4 Å². The quantitative estimate of drug-likeness (QED) is 0.275. The van der Waals surface area contributed by atoms with Crippen LogP contribution in [-0.4, -0.2) is 26.9 Å². The number of benzene rings is 3. The third kappa shape index (κ3) is 3.64. The lowest BCUT2D eigenvalue weighted by molar-refractivity contribution is -0.385. The van der Waals surface area contributed by atoms with E-state index >= 15 is 0 Å². The van der Waals surface area contributed by atoms with Gasteiger partial charge in [0.2, 0.25) is 0 Å². The number of aromatic nitrogens is 1. The number of fused-ring (bicyclic) bond motifs is 3. The lowest BCUT2D eigenvalue weighted by Crippen LogP contribution is -2.18. The van der Waals surface area contributed by atoms with Crippen molar-refractivity contribution < 1.29 is 19.6 Å². The van der Waals surface area contributed by atoms with Crippen LogP contribution < -0.4 is 5.32 Å². The molecule has 8 nitrogen and oxygen atoms in total. The summed E-state index contributed by atoms with van der Waals surface area (Å²) in [5.74, 6) is -2.33. The number of rotatable bonds is 5. The Morgan fingerprint density at radius 2 is 1.82 bits per heavy atom. The Bertz CT molecular complexity index is 1430. The Morgan fingerprint density at radius 1 is 1.03 bits per heavy atom. The van der Waals surface area contributed by atoms with Gasteiger partial charge in [-0.25, -0.2) is 9.78 Å². The van der Waals surface area contributed by atoms with Gasteiger partial charge in [0.1, 0.15) is 5.56 Å². The highest BCUT2D eigenvalue weighted by atomic mass is 32.1. The number of carbonyl (C=O) groups is 2. The van der Waals surface area contributed by atoms with Crippen LogP contribution in [0.3, 0.4) is 0 Å². The first-order valence-electron chi connectivity index (χ1n) is 9.91. The maximum atomic E-state index is 12.8. The summed E-state index contributed by atoms with van der Waals surface area (Å²) in [4.78, 5) is 39.3. The van der Waals surface area contributed by atoms with E-state index < -0.39 is 33.6 Å². The monoisotopic (exact) mass is 457 g/mol. The molecule has 0 unspecified atom stereocenters. The molecule has 1 aromatic heterocycles. The van der Waals surface area contributed by atoms with Crippen LogP contribution in [0.5, 0.6) is 0 Å². The van der Waals surface area contributed by atoms with E-state index in [1.165, 1.54) is 28.3 Å². The van der Waals surface area contributed by atoms with Gasteiger partial charge in [-0.3, -0.25) is 20.2 Å². The van der Waals surface area contributed by atoms with Crippen molar-refractivity contribution in [1.82, 2.24) is 4.98 Å². The summed E-state index contributed by atoms with van der Waals surface area (Å²) in [7, 11) is 0. The number of hydrogen-bond acceptors (Lipinski definition) is 6. The molecule has 162 valence electrons. The fourth-order valence-electron chi connectivity index (χ4n) is 4.04. The van der Waals surface area contributed by atoms with Gasteiger partial charge in [-0.05, 0) is 40.8 Å². The number of hydrogen-bond donors (Lipinski definition) is 2. The van der Waals surface area contributed by atoms with Gasteiger partial charge >= 0.3 is 5.97 Å². The first-order chi connectivity index (χ1) is 15.9. The summed E-state index contributed by atoms with van der Waals surface area (Å²) in [5, 5.41) is 25.2. The smallest absolute Gasteiger partial charge is 0.336 e. The first-order valence-corrected chi connectivity index (χ1v) is 10.8. The molecular formula is C24H15N3O5S. The summed E-state index contributed by atoms with van der Waals surface area (Å²) >= 11 is 1.16. The fraction of sp³-hybridized carbons (Fsp3) is 0.0417. The van der Waals surface area contributed by atoms with Crippen molar-refractivity contribution in [2.75, 3.05) is 5.32 Å². The molecule has 0 fully saturated rings. The SMILES string of the molecule is O=C(O)c1cccc([N+](=O)[O-])c1C(=O)Nc1nc(-c2ccc3c(c2)Cc2ccccc2-3)cs1. The molecule has 0 saturated carbocycles. The van der Waals surface area contributed by atoms with Crippen LogP contribution in [0, 0.1) is 10.1 Å². The summed E-state index contributed by atoms with van der Waals surface area (Å²) in [6, 6.07) is 17.8. The highest BCUT2D eigenvalue weighted by molar-refractivity contribution is 7.14. The summed E-state index contributed by atoms with van der Waals surface area (Å²) in [6.45, 7) is 0. The van der Waals surface area contributed by atoms with Crippen molar-refractivity contribution in [3.05, 3.63) is 98.4 Å². The maximum Gasteiger partial charge on any atom is 0.336 e. The van der Waals surface area contributed by atoms with Crippen LogP contribution in [0.25, 0.3) is 22.4 Å². The van der Waals surface area contributed by atoms with Gasteiger partial charge in [-0.2, -0.15) is 0 Å². The molecule has 33 heavy (non-hydrogen) atoms. The van der Waals surface area contributed by atoms with Gasteiger partial charge in [0, 0.05) is 17.0 Å². The lowest BCUT2D eigenvalue weighted by Gasteiger charge is -2.06. The Labute approximate surface area is 191 Å². The largest absolute Gasteiger partial charge is 0.478 e. The standard InChI is InChI=1S/C24H15N3O5S/c28-22(21-18(23(29)30)6-3-7-20(21)27(31)32)26-24-25-19(12-33-24)14-8-9-17-15(11-14)10-13-4-1-2-5-16(13)17/h1-9,11-12H,10H2,(H,29,30)(H,25,26,28). The number of anilines is 1. The number of nitrogens with zero attached hydrogens (tertiary/aromatic N) is 2. The predicted octanol–water partition coefficient (Wildman–Crippen LogP) is 5.24. The highest BCUT2D eigenvalue weighted by Gasteiger charge is 2.28. The molecule has 1 aliphatic rings. The van der Waals surface area contributed by atoms with Crippen LogP contribution in [0.15, 0.2) is 66.0 Å². The van der Waals surface area contributed by atoms with Gasteiger partial charge in [0.15, 0.2) is 5.13 Å². The zero-order valence-corrected chi connectivity index (χ0v) is 17.8. The molecule has 0 saturated heterocycles. The molecule has 0 radical (unpaired) electrons. The second-order valence-corrected chi connectivity index (χ2v) is 8.32. The van der Waals surface area contributed by atoms with Crippen molar-refractivity contribution in [1.29, 1.82) is 0 Å². The normalized spacial score (nSPS) is 11.5. The molecule has 2 N–H and O–H groups in total.